The van der Waals surface area contributed by atoms with Crippen molar-refractivity contribution in [2.75, 3.05) is 13.7 Å². The molecule has 0 spiro atoms. The fraction of sp³-hybridized carbons (Fsp3) is 0.294. The van der Waals surface area contributed by atoms with E-state index in [1.807, 2.05) is 31.2 Å². The van der Waals surface area contributed by atoms with Crippen LogP contribution in [0.4, 0.5) is 4.39 Å². The molecule has 1 atom stereocenters. The Hall–Kier alpha value is -1.39. The summed E-state index contributed by atoms with van der Waals surface area (Å²) in [6.45, 7) is 2.87. The Morgan fingerprint density at radius 2 is 1.90 bits per heavy atom. The van der Waals surface area contributed by atoms with E-state index in [0.717, 1.165) is 28.8 Å². The SMILES string of the molecule is CCNC(Cc1ccc(OC)cc1)c1cc(F)ccc1Br. The summed E-state index contributed by atoms with van der Waals surface area (Å²) >= 11 is 3.51. The number of benzene rings is 2. The molecule has 0 heterocycles. The van der Waals surface area contributed by atoms with Crippen molar-refractivity contribution < 1.29 is 9.13 Å². The molecular formula is C17H19BrFNO. The van der Waals surface area contributed by atoms with Crippen molar-refractivity contribution in [3.63, 3.8) is 0 Å². The third-order valence-corrected chi connectivity index (χ3v) is 4.11. The van der Waals surface area contributed by atoms with Gasteiger partial charge >= 0.3 is 0 Å². The molecule has 0 radical (unpaired) electrons. The number of ether oxygens (including phenoxy) is 1. The van der Waals surface area contributed by atoms with E-state index in [1.54, 1.807) is 19.2 Å². The molecule has 0 saturated heterocycles. The van der Waals surface area contributed by atoms with E-state index in [9.17, 15) is 4.39 Å². The van der Waals surface area contributed by atoms with Crippen molar-refractivity contribution in [3.8, 4) is 5.75 Å². The van der Waals surface area contributed by atoms with Crippen LogP contribution in [0.25, 0.3) is 0 Å². The van der Waals surface area contributed by atoms with Gasteiger partial charge in [0.1, 0.15) is 11.6 Å². The van der Waals surface area contributed by atoms with Gasteiger partial charge in [-0.25, -0.2) is 4.39 Å². The summed E-state index contributed by atoms with van der Waals surface area (Å²) in [7, 11) is 1.65. The zero-order chi connectivity index (χ0) is 15.2. The van der Waals surface area contributed by atoms with Crippen LogP contribution in [0, 0.1) is 5.82 Å². The lowest BCUT2D eigenvalue weighted by atomic mass is 9.98. The quantitative estimate of drug-likeness (QED) is 0.827. The van der Waals surface area contributed by atoms with Crippen LogP contribution in [0.5, 0.6) is 5.75 Å². The highest BCUT2D eigenvalue weighted by Gasteiger charge is 2.15. The van der Waals surface area contributed by atoms with E-state index in [-0.39, 0.29) is 11.9 Å². The molecule has 0 fully saturated rings. The zero-order valence-electron chi connectivity index (χ0n) is 12.2. The van der Waals surface area contributed by atoms with Crippen LogP contribution in [0.15, 0.2) is 46.9 Å². The molecule has 2 aromatic carbocycles. The van der Waals surface area contributed by atoms with Crippen LogP contribution in [-0.4, -0.2) is 13.7 Å². The zero-order valence-corrected chi connectivity index (χ0v) is 13.8. The number of halogens is 2. The normalized spacial score (nSPS) is 12.2. The van der Waals surface area contributed by atoms with Crippen LogP contribution in [-0.2, 0) is 6.42 Å². The molecule has 112 valence electrons. The predicted molar refractivity (Wildman–Crippen MR) is 87.2 cm³/mol. The summed E-state index contributed by atoms with van der Waals surface area (Å²) in [5, 5.41) is 3.42. The second-order valence-electron chi connectivity index (χ2n) is 4.83. The molecule has 2 rings (SSSR count). The van der Waals surface area contributed by atoms with Gasteiger partial charge in [-0.3, -0.25) is 0 Å². The Morgan fingerprint density at radius 3 is 2.52 bits per heavy atom. The van der Waals surface area contributed by atoms with Gasteiger partial charge in [0.15, 0.2) is 0 Å². The van der Waals surface area contributed by atoms with E-state index in [0.29, 0.717) is 0 Å². The number of methoxy groups -OCH3 is 1. The highest BCUT2D eigenvalue weighted by molar-refractivity contribution is 9.10. The Kier molecular flexibility index (Phi) is 5.76. The maximum Gasteiger partial charge on any atom is 0.123 e. The van der Waals surface area contributed by atoms with Gasteiger partial charge in [-0.1, -0.05) is 35.0 Å². The van der Waals surface area contributed by atoms with Crippen molar-refractivity contribution >= 4 is 15.9 Å². The summed E-state index contributed by atoms with van der Waals surface area (Å²) in [5.74, 6) is 0.622. The lowest BCUT2D eigenvalue weighted by Gasteiger charge is -2.20. The lowest BCUT2D eigenvalue weighted by Crippen LogP contribution is -2.23. The maximum atomic E-state index is 13.5. The summed E-state index contributed by atoms with van der Waals surface area (Å²) < 4.78 is 19.6. The van der Waals surface area contributed by atoms with Gasteiger partial charge in [0.2, 0.25) is 0 Å². The highest BCUT2D eigenvalue weighted by atomic mass is 79.9. The number of hydrogen-bond acceptors (Lipinski definition) is 2. The fourth-order valence-corrected chi connectivity index (χ4v) is 2.84. The third kappa shape index (κ3) is 4.29. The molecule has 2 aromatic rings. The minimum atomic E-state index is -0.217. The Labute approximate surface area is 133 Å². The average Bonchev–Trinajstić information content (AvgIpc) is 2.50. The smallest absolute Gasteiger partial charge is 0.123 e. The van der Waals surface area contributed by atoms with Gasteiger partial charge in [0, 0.05) is 10.5 Å². The molecule has 21 heavy (non-hydrogen) atoms. The van der Waals surface area contributed by atoms with Crippen molar-refractivity contribution in [1.82, 2.24) is 5.32 Å². The molecule has 0 bridgehead atoms. The molecule has 4 heteroatoms. The molecule has 0 saturated carbocycles. The van der Waals surface area contributed by atoms with Crippen molar-refractivity contribution in [2.45, 2.75) is 19.4 Å². The van der Waals surface area contributed by atoms with Crippen molar-refractivity contribution in [2.24, 2.45) is 0 Å². The largest absolute Gasteiger partial charge is 0.497 e. The molecule has 0 amide bonds. The standard InChI is InChI=1S/C17H19BrFNO/c1-3-20-17(15-11-13(19)6-9-16(15)18)10-12-4-7-14(21-2)8-5-12/h4-9,11,17,20H,3,10H2,1-2H3. The van der Waals surface area contributed by atoms with Gasteiger partial charge in [-0.2, -0.15) is 0 Å². The summed E-state index contributed by atoms with van der Waals surface area (Å²) in [6.07, 6.45) is 0.792. The molecule has 1 unspecified atom stereocenters. The van der Waals surface area contributed by atoms with E-state index in [4.69, 9.17) is 4.74 Å². The molecule has 1 N–H and O–H groups in total. The fourth-order valence-electron chi connectivity index (χ4n) is 2.32. The first-order chi connectivity index (χ1) is 10.1. The predicted octanol–water partition coefficient (Wildman–Crippen LogP) is 4.49. The van der Waals surface area contributed by atoms with Crippen molar-refractivity contribution in [1.29, 1.82) is 0 Å². The first-order valence-corrected chi connectivity index (χ1v) is 7.74. The maximum absolute atomic E-state index is 13.5. The van der Waals surface area contributed by atoms with Gasteiger partial charge in [-0.15, -0.1) is 0 Å². The molecule has 0 aliphatic rings. The van der Waals surface area contributed by atoms with Crippen LogP contribution in [0.3, 0.4) is 0 Å². The summed E-state index contributed by atoms with van der Waals surface area (Å²) in [5.41, 5.74) is 2.12. The highest BCUT2D eigenvalue weighted by Crippen LogP contribution is 2.27. The Morgan fingerprint density at radius 1 is 1.19 bits per heavy atom. The van der Waals surface area contributed by atoms with Gasteiger partial charge in [-0.05, 0) is 54.4 Å². The van der Waals surface area contributed by atoms with Gasteiger partial charge in [0.25, 0.3) is 0 Å². The molecule has 0 aliphatic carbocycles. The van der Waals surface area contributed by atoms with E-state index in [1.165, 1.54) is 11.6 Å². The monoisotopic (exact) mass is 351 g/mol. The Balaban J connectivity index is 2.23. The van der Waals surface area contributed by atoms with Gasteiger partial charge < -0.3 is 10.1 Å². The topological polar surface area (TPSA) is 21.3 Å². The van der Waals surface area contributed by atoms with Crippen LogP contribution in [0.2, 0.25) is 0 Å². The van der Waals surface area contributed by atoms with Crippen molar-refractivity contribution in [3.05, 3.63) is 63.9 Å². The van der Waals surface area contributed by atoms with Crippen LogP contribution >= 0.6 is 15.9 Å². The molecular weight excluding hydrogens is 333 g/mol. The summed E-state index contributed by atoms with van der Waals surface area (Å²) in [6, 6.07) is 12.8. The van der Waals surface area contributed by atoms with E-state index < -0.39 is 0 Å². The minimum absolute atomic E-state index is 0.0634. The number of nitrogens with one attached hydrogen (secondary N) is 1. The second-order valence-corrected chi connectivity index (χ2v) is 5.68. The average molecular weight is 352 g/mol. The van der Waals surface area contributed by atoms with Crippen LogP contribution in [0.1, 0.15) is 24.1 Å². The minimum Gasteiger partial charge on any atom is -0.497 e. The molecule has 2 nitrogen and oxygen atoms in total. The lowest BCUT2D eigenvalue weighted by molar-refractivity contribution is 0.414. The van der Waals surface area contributed by atoms with E-state index >= 15 is 0 Å². The summed E-state index contributed by atoms with van der Waals surface area (Å²) in [4.78, 5) is 0. The van der Waals surface area contributed by atoms with E-state index in [2.05, 4.69) is 21.2 Å². The molecule has 0 aromatic heterocycles. The first-order valence-electron chi connectivity index (χ1n) is 6.95. The first kappa shape index (κ1) is 16.0. The van der Waals surface area contributed by atoms with Gasteiger partial charge in [0.05, 0.1) is 7.11 Å². The third-order valence-electron chi connectivity index (χ3n) is 3.38. The molecule has 0 aliphatic heterocycles. The van der Waals surface area contributed by atoms with Crippen LogP contribution < -0.4 is 10.1 Å². The number of rotatable bonds is 6. The number of hydrogen-bond donors (Lipinski definition) is 1. The Bertz CT molecular complexity index is 586. The number of likely N-dealkylation sites (N-methyl/N-ethyl adjacent to an activating group) is 1. The second kappa shape index (κ2) is 7.57.